The summed E-state index contributed by atoms with van der Waals surface area (Å²) in [6.45, 7) is 3.71. The van der Waals surface area contributed by atoms with Crippen LogP contribution < -0.4 is 5.32 Å². The number of aryl methyl sites for hydroxylation is 1. The van der Waals surface area contributed by atoms with Gasteiger partial charge in [-0.2, -0.15) is 4.31 Å². The van der Waals surface area contributed by atoms with E-state index in [-0.39, 0.29) is 29.9 Å². The minimum absolute atomic E-state index is 0.116. The molecule has 3 rings (SSSR count). The maximum Gasteiger partial charge on any atom is 0.243 e. The second-order valence-corrected chi connectivity index (χ2v) is 9.21. The molecule has 0 aliphatic heterocycles. The van der Waals surface area contributed by atoms with Gasteiger partial charge in [0.15, 0.2) is 0 Å². The van der Waals surface area contributed by atoms with Crippen LogP contribution in [0.1, 0.15) is 29.7 Å². The molecule has 156 valence electrons. The molecule has 0 spiro atoms. The summed E-state index contributed by atoms with van der Waals surface area (Å²) in [7, 11) is -3.83. The summed E-state index contributed by atoms with van der Waals surface area (Å²) in [6.07, 6.45) is 0. The Morgan fingerprint density at radius 2 is 1.47 bits per heavy atom. The third kappa shape index (κ3) is 5.55. The van der Waals surface area contributed by atoms with Crippen molar-refractivity contribution >= 4 is 15.9 Å². The van der Waals surface area contributed by atoms with Gasteiger partial charge < -0.3 is 5.32 Å². The average Bonchev–Trinajstić information content (AvgIpc) is 2.76. The molecule has 3 aromatic carbocycles. The Hall–Kier alpha value is -2.96. The van der Waals surface area contributed by atoms with E-state index in [0.717, 1.165) is 16.7 Å². The van der Waals surface area contributed by atoms with Gasteiger partial charge in [0, 0.05) is 6.54 Å². The van der Waals surface area contributed by atoms with E-state index >= 15 is 0 Å². The van der Waals surface area contributed by atoms with Gasteiger partial charge in [0.05, 0.1) is 17.5 Å². The van der Waals surface area contributed by atoms with Crippen molar-refractivity contribution in [2.24, 2.45) is 0 Å². The van der Waals surface area contributed by atoms with Crippen molar-refractivity contribution in [3.8, 4) is 0 Å². The van der Waals surface area contributed by atoms with E-state index in [1.165, 1.54) is 4.31 Å². The molecule has 0 radical (unpaired) electrons. The number of carbonyl (C=O) groups is 1. The van der Waals surface area contributed by atoms with Gasteiger partial charge in [-0.25, -0.2) is 8.42 Å². The van der Waals surface area contributed by atoms with Crippen molar-refractivity contribution in [2.75, 3.05) is 6.54 Å². The Kier molecular flexibility index (Phi) is 7.03. The lowest BCUT2D eigenvalue weighted by atomic mass is 10.1. The highest BCUT2D eigenvalue weighted by Crippen LogP contribution is 2.19. The molecule has 6 heteroatoms. The van der Waals surface area contributed by atoms with Crippen molar-refractivity contribution in [2.45, 2.75) is 31.3 Å². The van der Waals surface area contributed by atoms with E-state index < -0.39 is 10.0 Å². The molecule has 0 heterocycles. The van der Waals surface area contributed by atoms with Crippen LogP contribution in [0.3, 0.4) is 0 Å². The number of rotatable bonds is 8. The van der Waals surface area contributed by atoms with Crippen LogP contribution >= 0.6 is 0 Å². The van der Waals surface area contributed by atoms with Crippen LogP contribution in [0.4, 0.5) is 0 Å². The highest BCUT2D eigenvalue weighted by Gasteiger charge is 2.27. The Balaban J connectivity index is 1.81. The number of hydrogen-bond acceptors (Lipinski definition) is 3. The molecule has 0 saturated heterocycles. The van der Waals surface area contributed by atoms with Gasteiger partial charge >= 0.3 is 0 Å². The minimum Gasteiger partial charge on any atom is -0.348 e. The number of nitrogens with one attached hydrogen (secondary N) is 1. The maximum absolute atomic E-state index is 13.2. The van der Waals surface area contributed by atoms with Crippen LogP contribution in [0.5, 0.6) is 0 Å². The number of benzene rings is 3. The summed E-state index contributed by atoms with van der Waals surface area (Å²) in [4.78, 5) is 12.9. The summed E-state index contributed by atoms with van der Waals surface area (Å²) >= 11 is 0. The molecule has 0 aromatic heterocycles. The van der Waals surface area contributed by atoms with Gasteiger partial charge in [0.2, 0.25) is 15.9 Å². The van der Waals surface area contributed by atoms with Crippen LogP contribution in [-0.4, -0.2) is 25.2 Å². The smallest absolute Gasteiger partial charge is 0.243 e. The van der Waals surface area contributed by atoms with Crippen LogP contribution in [0.15, 0.2) is 89.8 Å². The van der Waals surface area contributed by atoms with Crippen molar-refractivity contribution in [3.63, 3.8) is 0 Å². The average molecular weight is 423 g/mol. The van der Waals surface area contributed by atoms with Gasteiger partial charge in [-0.3, -0.25) is 4.79 Å². The Labute approximate surface area is 178 Å². The molecule has 1 unspecified atom stereocenters. The lowest BCUT2D eigenvalue weighted by Crippen LogP contribution is -2.41. The molecule has 1 atom stereocenters. The summed E-state index contributed by atoms with van der Waals surface area (Å²) in [6, 6.07) is 25.2. The molecule has 0 aliphatic rings. The largest absolute Gasteiger partial charge is 0.348 e. The summed E-state index contributed by atoms with van der Waals surface area (Å²) < 4.78 is 27.7. The first-order valence-corrected chi connectivity index (χ1v) is 11.3. The molecular weight excluding hydrogens is 396 g/mol. The SMILES string of the molecule is Cc1ccc(CN(CC(=O)NC(C)c2ccccc2)S(=O)(=O)c2ccccc2)cc1. The second kappa shape index (κ2) is 9.69. The van der Waals surface area contributed by atoms with E-state index in [9.17, 15) is 13.2 Å². The predicted octanol–water partition coefficient (Wildman–Crippen LogP) is 4.06. The van der Waals surface area contributed by atoms with E-state index in [2.05, 4.69) is 5.32 Å². The predicted molar refractivity (Wildman–Crippen MR) is 118 cm³/mol. The Morgan fingerprint density at radius 1 is 0.900 bits per heavy atom. The van der Waals surface area contributed by atoms with E-state index in [1.54, 1.807) is 30.3 Å². The first-order chi connectivity index (χ1) is 14.4. The molecule has 3 aromatic rings. The highest BCUT2D eigenvalue weighted by molar-refractivity contribution is 7.89. The van der Waals surface area contributed by atoms with E-state index in [0.29, 0.717) is 0 Å². The highest BCUT2D eigenvalue weighted by atomic mass is 32.2. The molecular formula is C24H26N2O3S. The zero-order valence-electron chi connectivity index (χ0n) is 17.2. The molecule has 1 N–H and O–H groups in total. The van der Waals surface area contributed by atoms with Crippen molar-refractivity contribution < 1.29 is 13.2 Å². The van der Waals surface area contributed by atoms with Gasteiger partial charge in [0.1, 0.15) is 0 Å². The molecule has 1 amide bonds. The van der Waals surface area contributed by atoms with Gasteiger partial charge in [-0.05, 0) is 37.1 Å². The topological polar surface area (TPSA) is 66.5 Å². The van der Waals surface area contributed by atoms with Crippen molar-refractivity contribution in [3.05, 3.63) is 102 Å². The van der Waals surface area contributed by atoms with Crippen LogP contribution in [0.2, 0.25) is 0 Å². The van der Waals surface area contributed by atoms with Crippen LogP contribution in [-0.2, 0) is 21.4 Å². The normalized spacial score (nSPS) is 12.5. The molecule has 0 fully saturated rings. The van der Waals surface area contributed by atoms with E-state index in [4.69, 9.17) is 0 Å². The molecule has 5 nitrogen and oxygen atoms in total. The fraction of sp³-hybridized carbons (Fsp3) is 0.208. The fourth-order valence-electron chi connectivity index (χ4n) is 3.14. The number of hydrogen-bond donors (Lipinski definition) is 1. The standard InChI is InChI=1S/C24H26N2O3S/c1-19-13-15-21(16-14-19)17-26(30(28,29)23-11-7-4-8-12-23)18-24(27)25-20(2)22-9-5-3-6-10-22/h3-16,20H,17-18H2,1-2H3,(H,25,27). The number of sulfonamides is 1. The molecule has 0 bridgehead atoms. The first-order valence-electron chi connectivity index (χ1n) is 9.81. The zero-order chi connectivity index (χ0) is 21.6. The summed E-state index contributed by atoms with van der Waals surface area (Å²) in [5.74, 6) is -0.349. The van der Waals surface area contributed by atoms with Gasteiger partial charge in [-0.1, -0.05) is 78.4 Å². The van der Waals surface area contributed by atoms with E-state index in [1.807, 2.05) is 68.4 Å². The fourth-order valence-corrected chi connectivity index (χ4v) is 4.54. The number of nitrogens with zero attached hydrogens (tertiary/aromatic N) is 1. The van der Waals surface area contributed by atoms with Crippen LogP contribution in [0, 0.1) is 6.92 Å². The number of amides is 1. The third-order valence-electron chi connectivity index (χ3n) is 4.86. The zero-order valence-corrected chi connectivity index (χ0v) is 18.0. The Bertz CT molecular complexity index is 1070. The Morgan fingerprint density at radius 3 is 2.07 bits per heavy atom. The monoisotopic (exact) mass is 422 g/mol. The maximum atomic E-state index is 13.2. The van der Waals surface area contributed by atoms with Crippen LogP contribution in [0.25, 0.3) is 0 Å². The molecule has 30 heavy (non-hydrogen) atoms. The second-order valence-electron chi connectivity index (χ2n) is 7.27. The summed E-state index contributed by atoms with van der Waals surface area (Å²) in [5.41, 5.74) is 2.87. The number of carbonyl (C=O) groups excluding carboxylic acids is 1. The van der Waals surface area contributed by atoms with Gasteiger partial charge in [0.25, 0.3) is 0 Å². The quantitative estimate of drug-likeness (QED) is 0.595. The lowest BCUT2D eigenvalue weighted by Gasteiger charge is -2.23. The van der Waals surface area contributed by atoms with Gasteiger partial charge in [-0.15, -0.1) is 0 Å². The van der Waals surface area contributed by atoms with Crippen molar-refractivity contribution in [1.29, 1.82) is 0 Å². The third-order valence-corrected chi connectivity index (χ3v) is 6.66. The lowest BCUT2D eigenvalue weighted by molar-refractivity contribution is -0.122. The molecule has 0 saturated carbocycles. The van der Waals surface area contributed by atoms with Crippen molar-refractivity contribution in [1.82, 2.24) is 9.62 Å². The first kappa shape index (κ1) is 21.7. The molecule has 0 aliphatic carbocycles. The minimum atomic E-state index is -3.83. The summed E-state index contributed by atoms with van der Waals surface area (Å²) in [5, 5.41) is 2.90.